The number of alkyl halides is 4. The summed E-state index contributed by atoms with van der Waals surface area (Å²) in [7, 11) is 0. The Labute approximate surface area is 259 Å². The first kappa shape index (κ1) is 30.4. The van der Waals surface area contributed by atoms with Crippen LogP contribution in [0.15, 0.2) is 48.7 Å². The summed E-state index contributed by atoms with van der Waals surface area (Å²) < 4.78 is 101. The second-order valence-corrected chi connectivity index (χ2v) is 11.5. The molecule has 9 nitrogen and oxygen atoms in total. The predicted molar refractivity (Wildman–Crippen MR) is 149 cm³/mol. The number of hydrogen-bond acceptors (Lipinski definition) is 5. The van der Waals surface area contributed by atoms with Crippen LogP contribution in [-0.2, 0) is 23.7 Å². The van der Waals surface area contributed by atoms with E-state index < -0.39 is 83.0 Å². The molecule has 0 unspecified atom stereocenters. The van der Waals surface area contributed by atoms with Crippen molar-refractivity contribution in [1.29, 1.82) is 0 Å². The normalized spacial score (nSPS) is 18.3. The number of H-pyrrole nitrogens is 1. The van der Waals surface area contributed by atoms with E-state index in [9.17, 15) is 36.6 Å². The van der Waals surface area contributed by atoms with E-state index in [1.807, 2.05) is 0 Å². The Morgan fingerprint density at radius 3 is 2.51 bits per heavy atom. The van der Waals surface area contributed by atoms with Gasteiger partial charge in [-0.15, -0.1) is 0 Å². The standard InChI is InChI=1S/C31H21F7N6O3/c32-14-3-12(4-15(33)7-14)5-22(40-24(45)11-44-28-25(27(43-44)29(35)36)17-8-19(17)31(28,37)38)26-16(9-21-23(41-26)10-39-42-21)13-1-2-20(34)18(6-13)30(46)47/h1-4,6-7,9-10,17,19,22,29H,5,8,11H2,(H,39,42)(H,40,45)(H,46,47)/t17-,19+,22-/m0/s1. The number of pyridine rings is 1. The van der Waals surface area contributed by atoms with Gasteiger partial charge in [-0.1, -0.05) is 6.07 Å². The van der Waals surface area contributed by atoms with Crippen LogP contribution in [0, 0.1) is 23.4 Å². The third-order valence-corrected chi connectivity index (χ3v) is 8.45. The summed E-state index contributed by atoms with van der Waals surface area (Å²) in [5.41, 5.74) is -1.50. The van der Waals surface area contributed by atoms with Gasteiger partial charge >= 0.3 is 5.97 Å². The number of nitrogens with zero attached hydrogens (tertiary/aromatic N) is 4. The minimum atomic E-state index is -3.48. The minimum Gasteiger partial charge on any atom is -0.478 e. The van der Waals surface area contributed by atoms with Crippen LogP contribution < -0.4 is 5.32 Å². The summed E-state index contributed by atoms with van der Waals surface area (Å²) in [6.07, 6.45) is -2.11. The Bertz CT molecular complexity index is 2080. The molecule has 5 aromatic rings. The Balaban J connectivity index is 1.31. The number of aromatic nitrogens is 5. The van der Waals surface area contributed by atoms with Crippen LogP contribution in [0.25, 0.3) is 22.2 Å². The highest BCUT2D eigenvalue weighted by Gasteiger charge is 2.67. The van der Waals surface area contributed by atoms with E-state index >= 15 is 8.78 Å². The van der Waals surface area contributed by atoms with E-state index in [1.165, 1.54) is 18.3 Å². The maximum Gasteiger partial charge on any atom is 0.338 e. The first-order valence-corrected chi connectivity index (χ1v) is 14.2. The molecule has 3 heterocycles. The van der Waals surface area contributed by atoms with E-state index in [0.717, 1.165) is 24.3 Å². The lowest BCUT2D eigenvalue weighted by Crippen LogP contribution is -2.35. The van der Waals surface area contributed by atoms with Crippen molar-refractivity contribution >= 4 is 22.9 Å². The van der Waals surface area contributed by atoms with E-state index in [-0.39, 0.29) is 46.3 Å². The highest BCUT2D eigenvalue weighted by molar-refractivity contribution is 5.91. The van der Waals surface area contributed by atoms with E-state index in [4.69, 9.17) is 0 Å². The van der Waals surface area contributed by atoms with Crippen LogP contribution >= 0.6 is 0 Å². The number of fused-ring (bicyclic) bond motifs is 4. The largest absolute Gasteiger partial charge is 0.478 e. The molecule has 0 aliphatic heterocycles. The van der Waals surface area contributed by atoms with E-state index in [2.05, 4.69) is 25.6 Å². The lowest BCUT2D eigenvalue weighted by atomic mass is 9.94. The fraction of sp³-hybridized carbons (Fsp3) is 0.258. The average Bonchev–Trinajstić information content (AvgIpc) is 3.41. The van der Waals surface area contributed by atoms with Gasteiger partial charge < -0.3 is 10.4 Å². The zero-order chi connectivity index (χ0) is 33.4. The quantitative estimate of drug-likeness (QED) is 0.163. The van der Waals surface area contributed by atoms with Crippen molar-refractivity contribution in [2.24, 2.45) is 5.92 Å². The van der Waals surface area contributed by atoms with Crippen LogP contribution in [-0.4, -0.2) is 41.9 Å². The van der Waals surface area contributed by atoms with Gasteiger partial charge in [-0.2, -0.15) is 19.0 Å². The maximum atomic E-state index is 15.1. The van der Waals surface area contributed by atoms with Crippen molar-refractivity contribution < 1.29 is 45.4 Å². The number of carbonyl (C=O) groups is 2. The summed E-state index contributed by atoms with van der Waals surface area (Å²) in [5.74, 6) is -10.8. The monoisotopic (exact) mass is 658 g/mol. The number of carboxylic acid groups (broad SMARTS) is 1. The Hall–Kier alpha value is -5.28. The van der Waals surface area contributed by atoms with Gasteiger partial charge in [0.25, 0.3) is 12.3 Å². The molecule has 16 heteroatoms. The summed E-state index contributed by atoms with van der Waals surface area (Å²) in [4.78, 5) is 29.8. The van der Waals surface area contributed by atoms with Gasteiger partial charge in [0.2, 0.25) is 5.91 Å². The fourth-order valence-corrected chi connectivity index (χ4v) is 6.38. The van der Waals surface area contributed by atoms with Gasteiger partial charge in [0.15, 0.2) is 0 Å². The molecule has 0 saturated heterocycles. The predicted octanol–water partition coefficient (Wildman–Crippen LogP) is 6.18. The first-order chi connectivity index (χ1) is 22.3. The zero-order valence-corrected chi connectivity index (χ0v) is 23.7. The number of carbonyl (C=O) groups excluding carboxylic acids is 1. The van der Waals surface area contributed by atoms with Crippen LogP contribution in [0.1, 0.15) is 63.4 Å². The molecule has 2 aliphatic carbocycles. The highest BCUT2D eigenvalue weighted by atomic mass is 19.3. The first-order valence-electron chi connectivity index (χ1n) is 14.2. The van der Waals surface area contributed by atoms with Crippen LogP contribution in [0.5, 0.6) is 0 Å². The van der Waals surface area contributed by atoms with Gasteiger partial charge in [0, 0.05) is 23.1 Å². The lowest BCUT2D eigenvalue weighted by Gasteiger charge is -2.23. The van der Waals surface area contributed by atoms with Crippen molar-refractivity contribution in [3.05, 3.63) is 99.9 Å². The van der Waals surface area contributed by atoms with Gasteiger partial charge in [0.05, 0.1) is 29.0 Å². The number of rotatable bonds is 9. The van der Waals surface area contributed by atoms with Gasteiger partial charge in [0.1, 0.15) is 40.9 Å². The topological polar surface area (TPSA) is 126 Å². The smallest absolute Gasteiger partial charge is 0.338 e. The number of hydrogen-bond donors (Lipinski definition) is 3. The number of halogens is 7. The molecule has 1 fully saturated rings. The Kier molecular flexibility index (Phi) is 7.05. The molecule has 0 bridgehead atoms. The minimum absolute atomic E-state index is 0.0189. The molecule has 1 saturated carbocycles. The van der Waals surface area contributed by atoms with Crippen molar-refractivity contribution in [3.8, 4) is 11.1 Å². The fourth-order valence-electron chi connectivity index (χ4n) is 6.38. The summed E-state index contributed by atoms with van der Waals surface area (Å²) in [6.45, 7) is -0.902. The Morgan fingerprint density at radius 2 is 1.81 bits per heavy atom. The number of benzene rings is 2. The zero-order valence-electron chi connectivity index (χ0n) is 23.7. The maximum absolute atomic E-state index is 15.1. The number of amides is 1. The number of nitrogens with one attached hydrogen (secondary N) is 2. The van der Waals surface area contributed by atoms with Crippen molar-refractivity contribution in [2.75, 3.05) is 0 Å². The highest BCUT2D eigenvalue weighted by Crippen LogP contribution is 2.68. The van der Waals surface area contributed by atoms with Crippen molar-refractivity contribution in [1.82, 2.24) is 30.3 Å². The molecular weight excluding hydrogens is 637 g/mol. The molecular formula is C31H21F7N6O3. The van der Waals surface area contributed by atoms with Gasteiger partial charge in [-0.25, -0.2) is 31.7 Å². The molecule has 7 rings (SSSR count). The van der Waals surface area contributed by atoms with Crippen LogP contribution in [0.4, 0.5) is 30.7 Å². The lowest BCUT2D eigenvalue weighted by molar-refractivity contribution is -0.123. The molecule has 2 aromatic carbocycles. The molecule has 0 radical (unpaired) electrons. The third kappa shape index (κ3) is 5.26. The number of aromatic carboxylic acids is 1. The van der Waals surface area contributed by atoms with Crippen molar-refractivity contribution in [3.63, 3.8) is 0 Å². The molecule has 3 atom stereocenters. The van der Waals surface area contributed by atoms with Gasteiger partial charge in [-0.3, -0.25) is 14.6 Å². The second kappa shape index (κ2) is 10.9. The van der Waals surface area contributed by atoms with Gasteiger partial charge in [-0.05, 0) is 60.2 Å². The molecule has 1 amide bonds. The molecule has 2 aliphatic rings. The van der Waals surface area contributed by atoms with Crippen LogP contribution in [0.2, 0.25) is 0 Å². The molecule has 3 aromatic heterocycles. The van der Waals surface area contributed by atoms with E-state index in [0.29, 0.717) is 16.3 Å². The third-order valence-electron chi connectivity index (χ3n) is 8.45. The molecule has 242 valence electrons. The summed E-state index contributed by atoms with van der Waals surface area (Å²) >= 11 is 0. The Morgan fingerprint density at radius 1 is 1.06 bits per heavy atom. The summed E-state index contributed by atoms with van der Waals surface area (Å²) in [5, 5.41) is 22.4. The number of carboxylic acids is 1. The van der Waals surface area contributed by atoms with E-state index in [1.54, 1.807) is 0 Å². The van der Waals surface area contributed by atoms with Crippen LogP contribution in [0.3, 0.4) is 0 Å². The summed E-state index contributed by atoms with van der Waals surface area (Å²) in [6, 6.07) is 6.07. The molecule has 47 heavy (non-hydrogen) atoms. The molecule has 0 spiro atoms. The second-order valence-electron chi connectivity index (χ2n) is 11.5. The number of aromatic amines is 1. The SMILES string of the molecule is O=C(Cn1nc(C(F)F)c2c1C(F)(F)[C@@H]1C[C@H]21)N[C@@H](Cc1cc(F)cc(F)c1)c1nc2cn[nH]c2cc1-c1ccc(F)c(C(=O)O)c1. The molecule has 3 N–H and O–H groups in total. The van der Waals surface area contributed by atoms with Crippen molar-refractivity contribution in [2.45, 2.75) is 43.7 Å². The average molecular weight is 659 g/mol.